The fraction of sp³-hybridized carbons (Fsp3) is 0.250. The van der Waals surface area contributed by atoms with E-state index in [9.17, 15) is 14.4 Å². The molecule has 2 aliphatic heterocycles. The number of hydrogen-bond donors (Lipinski definition) is 1. The van der Waals surface area contributed by atoms with Gasteiger partial charge in [0.25, 0.3) is 11.8 Å². The van der Waals surface area contributed by atoms with E-state index >= 15 is 0 Å². The van der Waals surface area contributed by atoms with Crippen molar-refractivity contribution in [3.05, 3.63) is 48.0 Å². The number of fused-ring (bicyclic) bond motifs is 2. The number of carbonyl (C=O) groups excluding carboxylic acids is 3. The van der Waals surface area contributed by atoms with E-state index in [-0.39, 0.29) is 32.4 Å². The maximum Gasteiger partial charge on any atom is 0.326 e. The maximum absolute atomic E-state index is 12.1. The molecule has 2 aromatic rings. The summed E-state index contributed by atoms with van der Waals surface area (Å²) in [5.41, 5.74) is 1.32. The fourth-order valence-electron chi connectivity index (χ4n) is 2.95. The molecule has 9 heteroatoms. The number of ether oxygens (including phenoxy) is 4. The predicted molar refractivity (Wildman–Crippen MR) is 99.7 cm³/mol. The molecule has 9 nitrogen and oxygen atoms in total. The number of para-hydroxylation sites is 2. The summed E-state index contributed by atoms with van der Waals surface area (Å²) in [6.07, 6.45) is 0. The highest BCUT2D eigenvalue weighted by atomic mass is 16.7. The van der Waals surface area contributed by atoms with Crippen LogP contribution in [0.3, 0.4) is 0 Å². The third kappa shape index (κ3) is 4.23. The number of anilines is 1. The van der Waals surface area contributed by atoms with E-state index in [1.807, 2.05) is 0 Å². The molecular formula is C20H18N2O7. The summed E-state index contributed by atoms with van der Waals surface area (Å²) in [5.74, 6) is 0.305. The second-order valence-electron chi connectivity index (χ2n) is 6.36. The minimum atomic E-state index is -0.687. The SMILES string of the molecule is O=C(COC(=O)CN1C(=O)COc2ccccc21)NCc1ccc2c(c1)OCO2. The molecule has 29 heavy (non-hydrogen) atoms. The Balaban J connectivity index is 1.25. The van der Waals surface area contributed by atoms with E-state index in [0.717, 1.165) is 5.56 Å². The topological polar surface area (TPSA) is 103 Å². The Kier molecular flexibility index (Phi) is 5.19. The predicted octanol–water partition coefficient (Wildman–Crippen LogP) is 1.00. The lowest BCUT2D eigenvalue weighted by molar-refractivity contribution is -0.147. The number of nitrogens with one attached hydrogen (secondary N) is 1. The van der Waals surface area contributed by atoms with Crippen LogP contribution < -0.4 is 24.4 Å². The van der Waals surface area contributed by atoms with Crippen molar-refractivity contribution in [2.75, 3.05) is 31.5 Å². The van der Waals surface area contributed by atoms with Crippen molar-refractivity contribution in [1.82, 2.24) is 5.32 Å². The van der Waals surface area contributed by atoms with Crippen molar-refractivity contribution in [2.45, 2.75) is 6.54 Å². The highest BCUT2D eigenvalue weighted by molar-refractivity contribution is 6.01. The van der Waals surface area contributed by atoms with Crippen LogP contribution in [0.1, 0.15) is 5.56 Å². The summed E-state index contributed by atoms with van der Waals surface area (Å²) >= 11 is 0. The van der Waals surface area contributed by atoms with Gasteiger partial charge in [-0.05, 0) is 29.8 Å². The number of carbonyl (C=O) groups is 3. The molecule has 4 rings (SSSR count). The number of nitrogens with zero attached hydrogens (tertiary/aromatic N) is 1. The van der Waals surface area contributed by atoms with Crippen LogP contribution in [0.25, 0.3) is 0 Å². The number of amides is 2. The zero-order chi connectivity index (χ0) is 20.2. The van der Waals surface area contributed by atoms with Crippen LogP contribution in [0.2, 0.25) is 0 Å². The van der Waals surface area contributed by atoms with Gasteiger partial charge in [0.05, 0.1) is 5.69 Å². The van der Waals surface area contributed by atoms with Gasteiger partial charge in [0.15, 0.2) is 24.7 Å². The zero-order valence-electron chi connectivity index (χ0n) is 15.4. The highest BCUT2D eigenvalue weighted by Crippen LogP contribution is 2.32. The van der Waals surface area contributed by atoms with E-state index in [4.69, 9.17) is 18.9 Å². The molecule has 0 aromatic heterocycles. The first-order valence-electron chi connectivity index (χ1n) is 8.93. The molecule has 0 atom stereocenters. The van der Waals surface area contributed by atoms with Crippen LogP contribution in [-0.2, 0) is 25.7 Å². The summed E-state index contributed by atoms with van der Waals surface area (Å²) < 4.78 is 20.8. The third-order valence-corrected chi connectivity index (χ3v) is 4.39. The summed E-state index contributed by atoms with van der Waals surface area (Å²) in [6, 6.07) is 12.2. The second-order valence-corrected chi connectivity index (χ2v) is 6.36. The van der Waals surface area contributed by atoms with Gasteiger partial charge < -0.3 is 24.3 Å². The lowest BCUT2D eigenvalue weighted by Crippen LogP contribution is -2.43. The molecule has 0 saturated heterocycles. The smallest absolute Gasteiger partial charge is 0.326 e. The fourth-order valence-corrected chi connectivity index (χ4v) is 2.95. The number of benzene rings is 2. The Morgan fingerprint density at radius 2 is 1.86 bits per heavy atom. The van der Waals surface area contributed by atoms with Crippen molar-refractivity contribution < 1.29 is 33.3 Å². The van der Waals surface area contributed by atoms with Crippen LogP contribution in [0, 0.1) is 0 Å². The number of esters is 1. The van der Waals surface area contributed by atoms with Gasteiger partial charge >= 0.3 is 5.97 Å². The Hall–Kier alpha value is -3.75. The first-order valence-corrected chi connectivity index (χ1v) is 8.93. The van der Waals surface area contributed by atoms with E-state index in [0.29, 0.717) is 22.9 Å². The van der Waals surface area contributed by atoms with Crippen molar-refractivity contribution >= 4 is 23.5 Å². The first-order chi connectivity index (χ1) is 14.1. The molecule has 2 aliphatic rings. The van der Waals surface area contributed by atoms with Crippen LogP contribution in [0.15, 0.2) is 42.5 Å². The van der Waals surface area contributed by atoms with Gasteiger partial charge in [-0.2, -0.15) is 0 Å². The summed E-state index contributed by atoms with van der Waals surface area (Å²) in [5, 5.41) is 2.66. The lowest BCUT2D eigenvalue weighted by Gasteiger charge is -2.28. The van der Waals surface area contributed by atoms with E-state index in [1.165, 1.54) is 4.90 Å². The Bertz CT molecular complexity index is 960. The normalized spacial score (nSPS) is 14.1. The average Bonchev–Trinajstić information content (AvgIpc) is 3.20. The van der Waals surface area contributed by atoms with Gasteiger partial charge in [-0.15, -0.1) is 0 Å². The van der Waals surface area contributed by atoms with Gasteiger partial charge in [-0.25, -0.2) is 0 Å². The molecule has 0 fully saturated rings. The van der Waals surface area contributed by atoms with Crippen molar-refractivity contribution in [3.8, 4) is 17.2 Å². The molecular weight excluding hydrogens is 380 g/mol. The minimum Gasteiger partial charge on any atom is -0.482 e. The van der Waals surface area contributed by atoms with Gasteiger partial charge in [0.2, 0.25) is 6.79 Å². The van der Waals surface area contributed by atoms with E-state index in [2.05, 4.69) is 5.32 Å². The van der Waals surface area contributed by atoms with Gasteiger partial charge in [0.1, 0.15) is 12.3 Å². The van der Waals surface area contributed by atoms with Crippen LogP contribution in [-0.4, -0.2) is 44.3 Å². The monoisotopic (exact) mass is 398 g/mol. The zero-order valence-corrected chi connectivity index (χ0v) is 15.4. The highest BCUT2D eigenvalue weighted by Gasteiger charge is 2.27. The van der Waals surface area contributed by atoms with Gasteiger partial charge in [-0.1, -0.05) is 18.2 Å². The molecule has 2 aromatic carbocycles. The molecule has 2 heterocycles. The maximum atomic E-state index is 12.1. The molecule has 0 saturated carbocycles. The molecule has 0 unspecified atom stereocenters. The Labute approximate surface area is 166 Å². The molecule has 0 bridgehead atoms. The lowest BCUT2D eigenvalue weighted by atomic mass is 10.2. The van der Waals surface area contributed by atoms with Crippen LogP contribution in [0.4, 0.5) is 5.69 Å². The summed E-state index contributed by atoms with van der Waals surface area (Å²) in [7, 11) is 0. The largest absolute Gasteiger partial charge is 0.482 e. The quantitative estimate of drug-likeness (QED) is 0.724. The van der Waals surface area contributed by atoms with Crippen molar-refractivity contribution in [3.63, 3.8) is 0 Å². The Morgan fingerprint density at radius 3 is 2.76 bits per heavy atom. The number of hydrogen-bond acceptors (Lipinski definition) is 7. The molecule has 0 radical (unpaired) electrons. The second kappa shape index (κ2) is 8.09. The van der Waals surface area contributed by atoms with Gasteiger partial charge in [-0.3, -0.25) is 19.3 Å². The number of rotatable bonds is 6. The van der Waals surface area contributed by atoms with Gasteiger partial charge in [0, 0.05) is 6.54 Å². The Morgan fingerprint density at radius 1 is 1.03 bits per heavy atom. The van der Waals surface area contributed by atoms with Crippen molar-refractivity contribution in [1.29, 1.82) is 0 Å². The minimum absolute atomic E-state index is 0.152. The molecule has 2 amide bonds. The molecule has 0 aliphatic carbocycles. The molecule has 1 N–H and O–H groups in total. The summed E-state index contributed by atoms with van der Waals surface area (Å²) in [4.78, 5) is 37.4. The molecule has 150 valence electrons. The standard InChI is InChI=1S/C20H18N2O7/c23-18(21-8-13-5-6-16-17(7-13)29-12-28-16)10-27-20(25)9-22-14-3-1-2-4-15(14)26-11-19(22)24/h1-7H,8-12H2,(H,21,23). The van der Waals surface area contributed by atoms with Crippen LogP contribution >= 0.6 is 0 Å². The third-order valence-electron chi connectivity index (χ3n) is 4.39. The van der Waals surface area contributed by atoms with Crippen LogP contribution in [0.5, 0.6) is 17.2 Å². The van der Waals surface area contributed by atoms with E-state index in [1.54, 1.807) is 42.5 Å². The first kappa shape index (κ1) is 18.6. The van der Waals surface area contributed by atoms with E-state index < -0.39 is 18.5 Å². The van der Waals surface area contributed by atoms with Crippen molar-refractivity contribution in [2.24, 2.45) is 0 Å². The summed E-state index contributed by atoms with van der Waals surface area (Å²) in [6.45, 7) is -0.460. The molecule has 0 spiro atoms. The average molecular weight is 398 g/mol.